The zero-order valence-corrected chi connectivity index (χ0v) is 19.7. The number of hydrogen-bond acceptors (Lipinski definition) is 6. The van der Waals surface area contributed by atoms with Crippen LogP contribution in [0.1, 0.15) is 52.8 Å². The van der Waals surface area contributed by atoms with Crippen LogP contribution in [0.25, 0.3) is 0 Å². The molecule has 2 heterocycles. The molecule has 2 aromatic heterocycles. The van der Waals surface area contributed by atoms with Gasteiger partial charge in [0.05, 0.1) is 5.56 Å². The summed E-state index contributed by atoms with van der Waals surface area (Å²) in [6.45, 7) is 2.36. The van der Waals surface area contributed by atoms with E-state index in [0.717, 1.165) is 21.6 Å². The van der Waals surface area contributed by atoms with Crippen molar-refractivity contribution in [1.29, 1.82) is 5.26 Å². The molecule has 2 amide bonds. The molecule has 0 radical (unpaired) electrons. The van der Waals surface area contributed by atoms with Gasteiger partial charge in [-0.1, -0.05) is 43.3 Å². The van der Waals surface area contributed by atoms with Crippen LogP contribution in [0.3, 0.4) is 0 Å². The molecule has 34 heavy (non-hydrogen) atoms. The first-order valence-corrected chi connectivity index (χ1v) is 12.1. The monoisotopic (exact) mass is 474 g/mol. The van der Waals surface area contributed by atoms with Crippen molar-refractivity contribution < 1.29 is 14.3 Å². The topological polar surface area (TPSA) is 104 Å². The van der Waals surface area contributed by atoms with Crippen molar-refractivity contribution in [1.82, 2.24) is 10.3 Å². The summed E-state index contributed by atoms with van der Waals surface area (Å²) >= 11 is 1.40. The number of hydrogen-bond donors (Lipinski definition) is 2. The standard InChI is InChI=1S/C26H26N4O3S/c1-17(19-7-3-2-4-8-19)12-24(31)30-25-22(14-27)21-10-9-20(13-23(21)34-25)33-26(32)29-16-18-6-5-11-28-15-18/h2-8,11,15,17,20H,9-10,12-13,16H2,1H3,(H,29,32)(H,30,31). The van der Waals surface area contributed by atoms with E-state index in [2.05, 4.69) is 21.7 Å². The zero-order valence-electron chi connectivity index (χ0n) is 18.9. The predicted molar refractivity (Wildman–Crippen MR) is 131 cm³/mol. The van der Waals surface area contributed by atoms with Crippen LogP contribution in [-0.4, -0.2) is 23.1 Å². The fraction of sp³-hybridized carbons (Fsp3) is 0.308. The molecule has 8 heteroatoms. The predicted octanol–water partition coefficient (Wildman–Crippen LogP) is 4.93. The van der Waals surface area contributed by atoms with Gasteiger partial charge in [-0.25, -0.2) is 4.79 Å². The largest absolute Gasteiger partial charge is 0.446 e. The summed E-state index contributed by atoms with van der Waals surface area (Å²) in [5.74, 6) is -0.0432. The lowest BCUT2D eigenvalue weighted by molar-refractivity contribution is -0.116. The molecule has 1 aliphatic carbocycles. The van der Waals surface area contributed by atoms with Crippen molar-refractivity contribution in [3.05, 3.63) is 82.0 Å². The van der Waals surface area contributed by atoms with E-state index < -0.39 is 6.09 Å². The van der Waals surface area contributed by atoms with Gasteiger partial charge in [-0.3, -0.25) is 9.78 Å². The van der Waals surface area contributed by atoms with Crippen molar-refractivity contribution in [3.63, 3.8) is 0 Å². The summed E-state index contributed by atoms with van der Waals surface area (Å²) in [4.78, 5) is 29.9. The van der Waals surface area contributed by atoms with Gasteiger partial charge in [0.1, 0.15) is 17.2 Å². The second-order valence-corrected chi connectivity index (χ2v) is 9.47. The molecule has 0 saturated heterocycles. The molecule has 0 fully saturated rings. The molecule has 2 N–H and O–H groups in total. The Kier molecular flexibility index (Phi) is 7.55. The Morgan fingerprint density at radius 2 is 2.09 bits per heavy atom. The Hall–Kier alpha value is -3.70. The fourth-order valence-electron chi connectivity index (χ4n) is 4.09. The number of thiophene rings is 1. The molecule has 1 aliphatic rings. The molecule has 0 saturated carbocycles. The Bertz CT molecular complexity index is 1190. The first-order valence-electron chi connectivity index (χ1n) is 11.3. The SMILES string of the molecule is CC(CC(=O)Nc1sc2c(c1C#N)CCC(OC(=O)NCc1cccnc1)C2)c1ccccc1. The van der Waals surface area contributed by atoms with Crippen LogP contribution in [0.15, 0.2) is 54.9 Å². The lowest BCUT2D eigenvalue weighted by Crippen LogP contribution is -2.31. The van der Waals surface area contributed by atoms with Crippen molar-refractivity contribution in [3.8, 4) is 6.07 Å². The van der Waals surface area contributed by atoms with Gasteiger partial charge < -0.3 is 15.4 Å². The Morgan fingerprint density at radius 3 is 2.82 bits per heavy atom. The van der Waals surface area contributed by atoms with Crippen LogP contribution < -0.4 is 10.6 Å². The highest BCUT2D eigenvalue weighted by Gasteiger charge is 2.28. The number of fused-ring (bicyclic) bond motifs is 1. The van der Waals surface area contributed by atoms with E-state index in [4.69, 9.17) is 4.74 Å². The normalized spacial score (nSPS) is 15.5. The van der Waals surface area contributed by atoms with Gasteiger partial charge in [0.15, 0.2) is 0 Å². The highest BCUT2D eigenvalue weighted by atomic mass is 32.1. The van der Waals surface area contributed by atoms with Gasteiger partial charge in [0, 0.05) is 36.7 Å². The summed E-state index contributed by atoms with van der Waals surface area (Å²) in [7, 11) is 0. The van der Waals surface area contributed by atoms with E-state index in [9.17, 15) is 14.9 Å². The zero-order chi connectivity index (χ0) is 23.9. The average molecular weight is 475 g/mol. The smallest absolute Gasteiger partial charge is 0.407 e. The van der Waals surface area contributed by atoms with Crippen LogP contribution in [-0.2, 0) is 28.9 Å². The molecule has 0 aliphatic heterocycles. The van der Waals surface area contributed by atoms with E-state index in [0.29, 0.717) is 42.8 Å². The van der Waals surface area contributed by atoms with E-state index in [-0.39, 0.29) is 17.9 Å². The molecular formula is C26H26N4O3S. The van der Waals surface area contributed by atoms with Crippen LogP contribution in [0, 0.1) is 11.3 Å². The van der Waals surface area contributed by atoms with Gasteiger partial charge in [-0.2, -0.15) is 5.26 Å². The summed E-state index contributed by atoms with van der Waals surface area (Å²) in [5, 5.41) is 16.0. The number of nitriles is 1. The summed E-state index contributed by atoms with van der Waals surface area (Å²) < 4.78 is 5.60. The highest BCUT2D eigenvalue weighted by Crippen LogP contribution is 2.38. The van der Waals surface area contributed by atoms with Crippen LogP contribution in [0.5, 0.6) is 0 Å². The molecule has 0 spiro atoms. The minimum atomic E-state index is -0.474. The number of carbonyl (C=O) groups excluding carboxylic acids is 2. The molecule has 0 bridgehead atoms. The number of aromatic nitrogens is 1. The number of rotatable bonds is 7. The third-order valence-corrected chi connectivity index (χ3v) is 7.05. The maximum absolute atomic E-state index is 12.7. The Balaban J connectivity index is 1.34. The molecule has 2 atom stereocenters. The lowest BCUT2D eigenvalue weighted by Gasteiger charge is -2.22. The van der Waals surface area contributed by atoms with E-state index in [1.165, 1.54) is 11.3 Å². The van der Waals surface area contributed by atoms with E-state index in [1.807, 2.05) is 49.4 Å². The molecule has 3 aromatic rings. The number of carbonyl (C=O) groups is 2. The maximum Gasteiger partial charge on any atom is 0.407 e. The van der Waals surface area contributed by atoms with E-state index >= 15 is 0 Å². The number of alkyl carbamates (subject to hydrolysis) is 1. The number of anilines is 1. The maximum atomic E-state index is 12.7. The summed E-state index contributed by atoms with van der Waals surface area (Å²) in [5.41, 5.74) is 3.48. The van der Waals surface area contributed by atoms with Crippen molar-refractivity contribution >= 4 is 28.3 Å². The third-order valence-electron chi connectivity index (χ3n) is 5.88. The van der Waals surface area contributed by atoms with Crippen LogP contribution >= 0.6 is 11.3 Å². The van der Waals surface area contributed by atoms with E-state index in [1.54, 1.807) is 12.4 Å². The molecule has 2 unspecified atom stereocenters. The number of nitrogens with one attached hydrogen (secondary N) is 2. The second-order valence-electron chi connectivity index (χ2n) is 8.37. The number of benzene rings is 1. The van der Waals surface area contributed by atoms with Crippen LogP contribution in [0.4, 0.5) is 9.80 Å². The summed E-state index contributed by atoms with van der Waals surface area (Å²) in [6, 6.07) is 15.8. The van der Waals surface area contributed by atoms with Gasteiger partial charge in [0.2, 0.25) is 5.91 Å². The number of pyridine rings is 1. The number of amides is 2. The molecule has 4 rings (SSSR count). The van der Waals surface area contributed by atoms with Gasteiger partial charge in [-0.15, -0.1) is 11.3 Å². The molecule has 1 aromatic carbocycles. The third kappa shape index (κ3) is 5.80. The first kappa shape index (κ1) is 23.5. The average Bonchev–Trinajstić information content (AvgIpc) is 3.19. The lowest BCUT2D eigenvalue weighted by atomic mass is 9.93. The van der Waals surface area contributed by atoms with Crippen LogP contribution in [0.2, 0.25) is 0 Å². The highest BCUT2D eigenvalue weighted by molar-refractivity contribution is 7.16. The fourth-order valence-corrected chi connectivity index (χ4v) is 5.37. The van der Waals surface area contributed by atoms with Crippen molar-refractivity contribution in [2.45, 2.75) is 51.2 Å². The number of nitrogens with zero attached hydrogens (tertiary/aromatic N) is 2. The van der Waals surface area contributed by atoms with Gasteiger partial charge in [0.25, 0.3) is 0 Å². The Morgan fingerprint density at radius 1 is 1.26 bits per heavy atom. The quantitative estimate of drug-likeness (QED) is 0.505. The Labute approximate surface area is 202 Å². The molecule has 174 valence electrons. The van der Waals surface area contributed by atoms with Gasteiger partial charge >= 0.3 is 6.09 Å². The minimum Gasteiger partial charge on any atom is -0.446 e. The van der Waals surface area contributed by atoms with Crippen molar-refractivity contribution in [2.75, 3.05) is 5.32 Å². The van der Waals surface area contributed by atoms with Crippen molar-refractivity contribution in [2.24, 2.45) is 0 Å². The second kappa shape index (κ2) is 10.9. The minimum absolute atomic E-state index is 0.0734. The molecule has 7 nitrogen and oxygen atoms in total. The molecular weight excluding hydrogens is 448 g/mol. The number of ether oxygens (including phenoxy) is 1. The summed E-state index contributed by atoms with van der Waals surface area (Å²) in [6.07, 6.45) is 4.76. The van der Waals surface area contributed by atoms with Gasteiger partial charge in [-0.05, 0) is 41.5 Å². The first-order chi connectivity index (χ1) is 16.5.